The molecule has 3 rings (SSSR count). The van der Waals surface area contributed by atoms with Gasteiger partial charge < -0.3 is 9.36 Å². The van der Waals surface area contributed by atoms with Gasteiger partial charge in [-0.05, 0) is 35.4 Å². The molecule has 3 aromatic rings. The quantitative estimate of drug-likeness (QED) is 0.398. The highest BCUT2D eigenvalue weighted by Crippen LogP contribution is 2.19. The Kier molecular flexibility index (Phi) is 4.61. The van der Waals surface area contributed by atoms with Crippen LogP contribution in [0.5, 0.6) is 0 Å². The molecule has 1 atom stereocenters. The van der Waals surface area contributed by atoms with Gasteiger partial charge in [0.15, 0.2) is 5.78 Å². The highest BCUT2D eigenvalue weighted by molar-refractivity contribution is 6.09. The molecule has 0 aliphatic rings. The number of nitrogens with zero attached hydrogens (tertiary/aromatic N) is 2. The van der Waals surface area contributed by atoms with Crippen molar-refractivity contribution in [2.45, 2.75) is 12.5 Å². The molecular formula is C19H15FN2O2. The normalized spacial score (nSPS) is 11.9. The molecule has 0 amide bonds. The zero-order valence-electron chi connectivity index (χ0n) is 12.8. The lowest BCUT2D eigenvalue weighted by Gasteiger charge is -2.08. The summed E-state index contributed by atoms with van der Waals surface area (Å²) in [4.78, 5) is 27.9. The zero-order chi connectivity index (χ0) is 16.9. The monoisotopic (exact) mass is 322 g/mol. The number of pyridine rings is 1. The number of hydrogen-bond donors (Lipinski definition) is 0. The van der Waals surface area contributed by atoms with Gasteiger partial charge in [0.1, 0.15) is 18.0 Å². The number of hydrogen-bond acceptors (Lipinski definition) is 3. The predicted molar refractivity (Wildman–Crippen MR) is 87.3 cm³/mol. The van der Waals surface area contributed by atoms with E-state index in [2.05, 4.69) is 4.98 Å². The third-order valence-electron chi connectivity index (χ3n) is 3.78. The largest absolute Gasteiger partial charge is 0.349 e. The van der Waals surface area contributed by atoms with Crippen LogP contribution >= 0.6 is 0 Å². The van der Waals surface area contributed by atoms with E-state index in [1.807, 2.05) is 4.57 Å². The highest BCUT2D eigenvalue weighted by atomic mass is 19.1. The molecule has 1 unspecified atom stereocenters. The number of rotatable bonds is 6. The summed E-state index contributed by atoms with van der Waals surface area (Å²) in [6, 6.07) is 11.3. The summed E-state index contributed by atoms with van der Waals surface area (Å²) in [6.45, 7) is 0.520. The fourth-order valence-corrected chi connectivity index (χ4v) is 2.52. The van der Waals surface area contributed by atoms with Crippen molar-refractivity contribution in [3.05, 3.63) is 89.8 Å². The first-order chi connectivity index (χ1) is 11.7. The molecule has 2 aromatic heterocycles. The fourth-order valence-electron chi connectivity index (χ4n) is 2.52. The van der Waals surface area contributed by atoms with E-state index in [0.29, 0.717) is 24.0 Å². The summed E-state index contributed by atoms with van der Waals surface area (Å²) in [5.41, 5.74) is 1.95. The number of ketones is 1. The molecule has 0 saturated carbocycles. The molecule has 24 heavy (non-hydrogen) atoms. The molecule has 5 heteroatoms. The average molecular weight is 322 g/mol. The fraction of sp³-hybridized carbons (Fsp3) is 0.105. The van der Waals surface area contributed by atoms with Gasteiger partial charge in [-0.1, -0.05) is 18.2 Å². The molecule has 4 nitrogen and oxygen atoms in total. The molecule has 2 heterocycles. The van der Waals surface area contributed by atoms with Gasteiger partial charge in [0, 0.05) is 36.9 Å². The molecule has 0 radical (unpaired) electrons. The van der Waals surface area contributed by atoms with Crippen LogP contribution in [0.3, 0.4) is 0 Å². The van der Waals surface area contributed by atoms with Gasteiger partial charge in [-0.2, -0.15) is 0 Å². The number of Topliss-reactive ketones (excluding diaryl/α,β-unsaturated/α-hetero) is 1. The van der Waals surface area contributed by atoms with Crippen molar-refractivity contribution in [2.75, 3.05) is 0 Å². The smallest absolute Gasteiger partial charge is 0.179 e. The predicted octanol–water partition coefficient (Wildman–Crippen LogP) is 3.24. The molecule has 0 saturated heterocycles. The number of benzene rings is 1. The van der Waals surface area contributed by atoms with Gasteiger partial charge in [-0.25, -0.2) is 4.39 Å². The Hall–Kier alpha value is -3.08. The van der Waals surface area contributed by atoms with Crippen LogP contribution in [0.25, 0.3) is 0 Å². The van der Waals surface area contributed by atoms with Crippen LogP contribution in [0.2, 0.25) is 0 Å². The van der Waals surface area contributed by atoms with Crippen molar-refractivity contribution < 1.29 is 14.0 Å². The van der Waals surface area contributed by atoms with Crippen LogP contribution in [0.4, 0.5) is 4.39 Å². The minimum Gasteiger partial charge on any atom is -0.349 e. The van der Waals surface area contributed by atoms with Crippen molar-refractivity contribution in [2.24, 2.45) is 0 Å². The first kappa shape index (κ1) is 15.8. The van der Waals surface area contributed by atoms with E-state index in [1.165, 1.54) is 18.3 Å². The van der Waals surface area contributed by atoms with Crippen molar-refractivity contribution in [1.82, 2.24) is 9.55 Å². The third-order valence-corrected chi connectivity index (χ3v) is 3.78. The maximum Gasteiger partial charge on any atom is 0.179 e. The van der Waals surface area contributed by atoms with E-state index in [1.54, 1.807) is 48.9 Å². The van der Waals surface area contributed by atoms with E-state index in [9.17, 15) is 14.0 Å². The Morgan fingerprint density at radius 3 is 2.67 bits per heavy atom. The van der Waals surface area contributed by atoms with Crippen molar-refractivity contribution in [1.29, 1.82) is 0 Å². The summed E-state index contributed by atoms with van der Waals surface area (Å²) in [7, 11) is 0. The maximum atomic E-state index is 12.9. The van der Waals surface area contributed by atoms with Crippen molar-refractivity contribution in [3.63, 3.8) is 0 Å². The van der Waals surface area contributed by atoms with Gasteiger partial charge in [0.2, 0.25) is 0 Å². The molecule has 0 aliphatic heterocycles. The Morgan fingerprint density at radius 1 is 1.21 bits per heavy atom. The Labute approximate surface area is 138 Å². The summed E-state index contributed by atoms with van der Waals surface area (Å²) >= 11 is 0. The van der Waals surface area contributed by atoms with Crippen LogP contribution in [0.1, 0.15) is 27.4 Å². The summed E-state index contributed by atoms with van der Waals surface area (Å²) in [6.07, 6.45) is 7.21. The second-order valence-corrected chi connectivity index (χ2v) is 5.46. The molecule has 0 bridgehead atoms. The zero-order valence-corrected chi connectivity index (χ0v) is 12.8. The van der Waals surface area contributed by atoms with Gasteiger partial charge in [-0.15, -0.1) is 0 Å². The number of aromatic nitrogens is 2. The van der Waals surface area contributed by atoms with Crippen LogP contribution in [-0.2, 0) is 11.3 Å². The Bertz CT molecular complexity index is 841. The second kappa shape index (κ2) is 7.00. The third kappa shape index (κ3) is 3.46. The Morgan fingerprint density at radius 2 is 2.00 bits per heavy atom. The minimum atomic E-state index is -0.861. The van der Waals surface area contributed by atoms with Crippen LogP contribution < -0.4 is 0 Å². The lowest BCUT2D eigenvalue weighted by atomic mass is 9.94. The second-order valence-electron chi connectivity index (χ2n) is 5.46. The highest BCUT2D eigenvalue weighted by Gasteiger charge is 2.22. The molecule has 0 spiro atoms. The standard InChI is InChI=1S/C19H15FN2O2/c20-17-5-3-14(4-6-17)11-22-9-7-16(12-22)19(24)18(13-23)15-2-1-8-21-10-15/h1-10,12-13,18H,11H2. The molecule has 120 valence electrons. The minimum absolute atomic E-state index is 0.268. The lowest BCUT2D eigenvalue weighted by molar-refractivity contribution is -0.108. The van der Waals surface area contributed by atoms with Crippen LogP contribution in [-0.4, -0.2) is 21.6 Å². The number of carbonyl (C=O) groups is 2. The van der Waals surface area contributed by atoms with E-state index in [0.717, 1.165) is 5.56 Å². The van der Waals surface area contributed by atoms with Gasteiger partial charge >= 0.3 is 0 Å². The van der Waals surface area contributed by atoms with Gasteiger partial charge in [0.05, 0.1) is 0 Å². The van der Waals surface area contributed by atoms with E-state index in [4.69, 9.17) is 0 Å². The Balaban J connectivity index is 1.78. The summed E-state index contributed by atoms with van der Waals surface area (Å²) in [5.74, 6) is -1.41. The molecule has 0 N–H and O–H groups in total. The molecular weight excluding hydrogens is 307 g/mol. The number of aldehydes is 1. The van der Waals surface area contributed by atoms with Crippen LogP contribution in [0, 0.1) is 5.82 Å². The molecule has 0 aliphatic carbocycles. The van der Waals surface area contributed by atoms with E-state index < -0.39 is 5.92 Å². The average Bonchev–Trinajstić information content (AvgIpc) is 3.07. The maximum absolute atomic E-state index is 12.9. The molecule has 1 aromatic carbocycles. The van der Waals surface area contributed by atoms with Crippen LogP contribution in [0.15, 0.2) is 67.3 Å². The van der Waals surface area contributed by atoms with E-state index in [-0.39, 0.29) is 11.6 Å². The SMILES string of the molecule is O=CC(C(=O)c1ccn(Cc2ccc(F)cc2)c1)c1cccnc1. The first-order valence-electron chi connectivity index (χ1n) is 7.47. The topological polar surface area (TPSA) is 52.0 Å². The number of carbonyl (C=O) groups excluding carboxylic acids is 2. The summed E-state index contributed by atoms with van der Waals surface area (Å²) < 4.78 is 14.8. The number of halogens is 1. The lowest BCUT2D eigenvalue weighted by Crippen LogP contribution is -2.14. The van der Waals surface area contributed by atoms with Crippen molar-refractivity contribution in [3.8, 4) is 0 Å². The van der Waals surface area contributed by atoms with Crippen molar-refractivity contribution >= 4 is 12.1 Å². The first-order valence-corrected chi connectivity index (χ1v) is 7.47. The summed E-state index contributed by atoms with van der Waals surface area (Å²) in [5, 5.41) is 0. The van der Waals surface area contributed by atoms with Gasteiger partial charge in [-0.3, -0.25) is 9.78 Å². The molecule has 0 fully saturated rings. The van der Waals surface area contributed by atoms with Gasteiger partial charge in [0.25, 0.3) is 0 Å². The van der Waals surface area contributed by atoms with E-state index >= 15 is 0 Å².